The summed E-state index contributed by atoms with van der Waals surface area (Å²) in [4.78, 5) is 0. The Kier molecular flexibility index (Phi) is 18.2. The van der Waals surface area contributed by atoms with Crippen molar-refractivity contribution in [2.45, 2.75) is 34.6 Å². The van der Waals surface area contributed by atoms with Crippen LogP contribution < -0.4 is 0 Å². The van der Waals surface area contributed by atoms with Gasteiger partial charge in [0.25, 0.3) is 0 Å². The molecule has 0 N–H and O–H groups in total. The molecule has 10 aromatic rings. The third-order valence-electron chi connectivity index (χ3n) is 10.8. The van der Waals surface area contributed by atoms with Gasteiger partial charge in [0.05, 0.1) is 0 Å². The van der Waals surface area contributed by atoms with Gasteiger partial charge in [-0.05, 0) is 95.8 Å². The normalized spacial score (nSPS) is 9.92. The maximum absolute atomic E-state index is 2.20. The van der Waals surface area contributed by atoms with E-state index in [1.165, 1.54) is 83.5 Å². The first kappa shape index (κ1) is 46.7. The highest BCUT2D eigenvalue weighted by atomic mass is 14.1. The molecule has 0 spiro atoms. The summed E-state index contributed by atoms with van der Waals surface area (Å²) in [6.07, 6.45) is 0. The van der Waals surface area contributed by atoms with E-state index in [1.807, 2.05) is 42.5 Å². The summed E-state index contributed by atoms with van der Waals surface area (Å²) in [7, 11) is 0. The maximum Gasteiger partial charge on any atom is -0.0155 e. The predicted octanol–water partition coefficient (Wildman–Crippen LogP) is 18.3. The van der Waals surface area contributed by atoms with E-state index in [4.69, 9.17) is 0 Å². The first-order valence-electron chi connectivity index (χ1n) is 22.4. The van der Waals surface area contributed by atoms with E-state index in [9.17, 15) is 0 Å². The SMILES string of the molecule is Cc1ccc(-c2ccc(-c3ccccc3)cc2)cc1.Cc1ccc(-c2ccccc2)cc1.Cc1cccc(-c2ccccc2)c1.Cc1ccccc1.Cc1ccccc1-c1ccccc1. The van der Waals surface area contributed by atoms with Crippen molar-refractivity contribution in [3.8, 4) is 55.6 Å². The van der Waals surface area contributed by atoms with Gasteiger partial charge in [-0.15, -0.1) is 0 Å². The first-order chi connectivity index (χ1) is 31.8. The van der Waals surface area contributed by atoms with Gasteiger partial charge in [0.2, 0.25) is 0 Å². The molecule has 0 atom stereocenters. The van der Waals surface area contributed by atoms with E-state index >= 15 is 0 Å². The van der Waals surface area contributed by atoms with Crippen LogP contribution in [-0.2, 0) is 0 Å². The third-order valence-corrected chi connectivity index (χ3v) is 10.8. The highest BCUT2D eigenvalue weighted by Crippen LogP contribution is 2.26. The molecule has 0 nitrogen and oxygen atoms in total. The highest BCUT2D eigenvalue weighted by molar-refractivity contribution is 5.71. The lowest BCUT2D eigenvalue weighted by Crippen LogP contribution is -1.80. The lowest BCUT2D eigenvalue weighted by atomic mass is 10.00. The lowest BCUT2D eigenvalue weighted by Gasteiger charge is -2.05. The van der Waals surface area contributed by atoms with Gasteiger partial charge >= 0.3 is 0 Å². The van der Waals surface area contributed by atoms with Gasteiger partial charge < -0.3 is 0 Å². The number of rotatable bonds is 5. The Labute approximate surface area is 389 Å². The van der Waals surface area contributed by atoms with Crippen molar-refractivity contribution in [2.75, 3.05) is 0 Å². The van der Waals surface area contributed by atoms with Gasteiger partial charge in [-0.25, -0.2) is 0 Å². The van der Waals surface area contributed by atoms with Crippen LogP contribution in [0.2, 0.25) is 0 Å². The van der Waals surface area contributed by atoms with Crippen molar-refractivity contribution in [1.82, 2.24) is 0 Å². The van der Waals surface area contributed by atoms with E-state index in [-0.39, 0.29) is 0 Å². The summed E-state index contributed by atoms with van der Waals surface area (Å²) < 4.78 is 0. The van der Waals surface area contributed by atoms with Crippen molar-refractivity contribution >= 4 is 0 Å². The lowest BCUT2D eigenvalue weighted by molar-refractivity contribution is 1.46. The van der Waals surface area contributed by atoms with Crippen molar-refractivity contribution < 1.29 is 0 Å². The average Bonchev–Trinajstić information content (AvgIpc) is 3.37. The Morgan fingerprint density at radius 1 is 0.169 bits per heavy atom. The van der Waals surface area contributed by atoms with Crippen LogP contribution in [0.5, 0.6) is 0 Å². The molecule has 0 saturated heterocycles. The summed E-state index contributed by atoms with van der Waals surface area (Å²) in [6, 6.07) is 95.1. The molecule has 0 unspecified atom stereocenters. The summed E-state index contributed by atoms with van der Waals surface area (Å²) in [5.74, 6) is 0. The summed E-state index contributed by atoms with van der Waals surface area (Å²) in [6.45, 7) is 10.6. The van der Waals surface area contributed by atoms with Crippen LogP contribution in [-0.4, -0.2) is 0 Å². The van der Waals surface area contributed by atoms with Crippen LogP contribution in [0.25, 0.3) is 55.6 Å². The zero-order chi connectivity index (χ0) is 45.5. The van der Waals surface area contributed by atoms with Gasteiger partial charge in [-0.1, -0.05) is 295 Å². The first-order valence-corrected chi connectivity index (χ1v) is 22.4. The minimum Gasteiger partial charge on any atom is -0.0622 e. The van der Waals surface area contributed by atoms with Gasteiger partial charge in [0.15, 0.2) is 0 Å². The Bertz CT molecular complexity index is 2830. The van der Waals surface area contributed by atoms with Crippen LogP contribution >= 0.6 is 0 Å². The molecule has 320 valence electrons. The van der Waals surface area contributed by atoms with Gasteiger partial charge in [-0.3, -0.25) is 0 Å². The molecule has 0 radical (unpaired) electrons. The average molecular weight is 841 g/mol. The van der Waals surface area contributed by atoms with Gasteiger partial charge in [-0.2, -0.15) is 0 Å². The molecule has 0 heteroatoms. The van der Waals surface area contributed by atoms with Gasteiger partial charge in [0, 0.05) is 0 Å². The Balaban J connectivity index is 0.000000138. The van der Waals surface area contributed by atoms with Crippen molar-refractivity contribution in [3.05, 3.63) is 301 Å². The fourth-order valence-electron chi connectivity index (χ4n) is 7.11. The standard InChI is InChI=1S/C19H16.3C13H12.C7H8/c1-15-7-9-17(10-8-15)19-13-11-18(12-14-19)16-5-3-2-4-6-16;1-11-7-5-6-10-13(11)12-8-3-2-4-9-12;1-11-6-5-9-13(10-11)12-7-3-2-4-8-12;1-11-7-9-13(10-8-11)12-5-3-2-4-6-12;1-7-5-3-2-4-6-7/h2-14H,1H3;3*2-10H,1H3;2-6H,1H3. The predicted molar refractivity (Wildman–Crippen MR) is 283 cm³/mol. The Morgan fingerprint density at radius 3 is 0.785 bits per heavy atom. The second-order valence-corrected chi connectivity index (χ2v) is 16.1. The third kappa shape index (κ3) is 15.5. The molecule has 10 aromatic carbocycles. The van der Waals surface area contributed by atoms with E-state index in [1.54, 1.807) is 0 Å². The fourth-order valence-corrected chi connectivity index (χ4v) is 7.11. The topological polar surface area (TPSA) is 0 Å². The second-order valence-electron chi connectivity index (χ2n) is 16.1. The number of hydrogen-bond acceptors (Lipinski definition) is 0. The van der Waals surface area contributed by atoms with Crippen LogP contribution in [0, 0.1) is 34.6 Å². The summed E-state index contributed by atoms with van der Waals surface area (Å²) in [5.41, 5.74) is 19.4. The quantitative estimate of drug-likeness (QED) is 0.162. The molecule has 0 fully saturated rings. The van der Waals surface area contributed by atoms with Crippen LogP contribution in [0.3, 0.4) is 0 Å². The second kappa shape index (κ2) is 25.3. The largest absolute Gasteiger partial charge is 0.0622 e. The Hall–Kier alpha value is -7.80. The molecule has 0 heterocycles. The zero-order valence-corrected chi connectivity index (χ0v) is 38.5. The smallest absolute Gasteiger partial charge is 0.0155 e. The van der Waals surface area contributed by atoms with E-state index in [2.05, 4.69) is 265 Å². The van der Waals surface area contributed by atoms with E-state index in [0.717, 1.165) is 0 Å². The monoisotopic (exact) mass is 840 g/mol. The van der Waals surface area contributed by atoms with Gasteiger partial charge in [0.1, 0.15) is 0 Å². The molecule has 0 bridgehead atoms. The number of benzene rings is 10. The molecule has 10 rings (SSSR count). The molecular formula is C65H60. The Morgan fingerprint density at radius 2 is 0.431 bits per heavy atom. The summed E-state index contributed by atoms with van der Waals surface area (Å²) >= 11 is 0. The molecule has 0 aromatic heterocycles. The highest BCUT2D eigenvalue weighted by Gasteiger charge is 2.01. The molecule has 65 heavy (non-hydrogen) atoms. The van der Waals surface area contributed by atoms with Crippen molar-refractivity contribution in [1.29, 1.82) is 0 Å². The molecule has 0 aliphatic heterocycles. The number of hydrogen-bond donors (Lipinski definition) is 0. The molecular weight excluding hydrogens is 781 g/mol. The molecule has 0 aliphatic rings. The van der Waals surface area contributed by atoms with Crippen LogP contribution in [0.4, 0.5) is 0 Å². The fraction of sp³-hybridized carbons (Fsp3) is 0.0769. The molecule has 0 aliphatic carbocycles. The zero-order valence-electron chi connectivity index (χ0n) is 38.5. The van der Waals surface area contributed by atoms with Crippen LogP contribution in [0.1, 0.15) is 27.8 Å². The number of aryl methyl sites for hydroxylation is 5. The van der Waals surface area contributed by atoms with E-state index in [0.29, 0.717) is 0 Å². The molecule has 0 saturated carbocycles. The van der Waals surface area contributed by atoms with Crippen molar-refractivity contribution in [3.63, 3.8) is 0 Å². The van der Waals surface area contributed by atoms with Crippen LogP contribution in [0.15, 0.2) is 273 Å². The maximum atomic E-state index is 2.20. The van der Waals surface area contributed by atoms with E-state index < -0.39 is 0 Å². The summed E-state index contributed by atoms with van der Waals surface area (Å²) in [5, 5.41) is 0. The minimum atomic E-state index is 1.26. The van der Waals surface area contributed by atoms with Crippen molar-refractivity contribution in [2.24, 2.45) is 0 Å². The minimum absolute atomic E-state index is 1.26. The molecule has 0 amide bonds.